The van der Waals surface area contributed by atoms with E-state index in [1.807, 2.05) is 5.51 Å². The molecular weight excluding hydrogens is 278 g/mol. The molecule has 1 aliphatic heterocycles. The number of likely N-dealkylation sites (tertiary alicyclic amines) is 1. The molecule has 1 saturated heterocycles. The third-order valence-electron chi connectivity index (χ3n) is 4.07. The van der Waals surface area contributed by atoms with Gasteiger partial charge in [-0.2, -0.15) is 0 Å². The van der Waals surface area contributed by atoms with E-state index in [9.17, 15) is 0 Å². The van der Waals surface area contributed by atoms with E-state index in [1.54, 1.807) is 11.3 Å². The van der Waals surface area contributed by atoms with E-state index in [2.05, 4.69) is 51.5 Å². The van der Waals surface area contributed by atoms with Crippen molar-refractivity contribution in [3.05, 3.63) is 52.0 Å². The molecule has 0 aliphatic carbocycles. The van der Waals surface area contributed by atoms with Crippen LogP contribution in [0.1, 0.15) is 29.7 Å². The zero-order valence-corrected chi connectivity index (χ0v) is 13.5. The molecule has 1 aromatic carbocycles. The van der Waals surface area contributed by atoms with Gasteiger partial charge in [0.05, 0.1) is 11.2 Å². The molecule has 0 spiro atoms. The molecule has 0 atom stereocenters. The summed E-state index contributed by atoms with van der Waals surface area (Å²) in [6.45, 7) is 5.51. The Kier molecular flexibility index (Phi) is 5.01. The molecule has 3 nitrogen and oxygen atoms in total. The minimum Gasteiger partial charge on any atom is -0.299 e. The fraction of sp³-hybridized carbons (Fsp3) is 0.471. The van der Waals surface area contributed by atoms with Crippen LogP contribution in [0.15, 0.2) is 35.2 Å². The summed E-state index contributed by atoms with van der Waals surface area (Å²) in [6, 6.07) is 8.86. The van der Waals surface area contributed by atoms with Gasteiger partial charge in [0.25, 0.3) is 0 Å². The third kappa shape index (κ3) is 4.13. The van der Waals surface area contributed by atoms with Gasteiger partial charge in [-0.3, -0.25) is 9.80 Å². The quantitative estimate of drug-likeness (QED) is 0.815. The van der Waals surface area contributed by atoms with Crippen LogP contribution in [0.25, 0.3) is 0 Å². The van der Waals surface area contributed by atoms with Crippen molar-refractivity contribution in [2.75, 3.05) is 20.1 Å². The zero-order chi connectivity index (χ0) is 14.5. The summed E-state index contributed by atoms with van der Waals surface area (Å²) in [5.74, 6) is 0. The molecule has 0 radical (unpaired) electrons. The van der Waals surface area contributed by atoms with Gasteiger partial charge < -0.3 is 0 Å². The van der Waals surface area contributed by atoms with Crippen molar-refractivity contribution >= 4 is 11.3 Å². The van der Waals surface area contributed by atoms with Gasteiger partial charge in [-0.1, -0.05) is 24.3 Å². The Morgan fingerprint density at radius 3 is 2.62 bits per heavy atom. The van der Waals surface area contributed by atoms with Crippen LogP contribution in [0.3, 0.4) is 0 Å². The van der Waals surface area contributed by atoms with Gasteiger partial charge in [0, 0.05) is 25.0 Å². The second-order valence-corrected chi connectivity index (χ2v) is 6.62. The van der Waals surface area contributed by atoms with Crippen LogP contribution in [0.2, 0.25) is 0 Å². The molecule has 0 amide bonds. The van der Waals surface area contributed by atoms with Crippen LogP contribution in [-0.2, 0) is 19.6 Å². The van der Waals surface area contributed by atoms with Crippen LogP contribution in [0, 0.1) is 0 Å². The molecule has 112 valence electrons. The summed E-state index contributed by atoms with van der Waals surface area (Å²) in [5, 5.41) is 2.13. The lowest BCUT2D eigenvalue weighted by atomic mass is 10.1. The first-order valence-electron chi connectivity index (χ1n) is 7.66. The summed E-state index contributed by atoms with van der Waals surface area (Å²) in [4.78, 5) is 9.29. The maximum absolute atomic E-state index is 4.37. The van der Waals surface area contributed by atoms with Gasteiger partial charge >= 0.3 is 0 Å². The van der Waals surface area contributed by atoms with Crippen molar-refractivity contribution < 1.29 is 0 Å². The van der Waals surface area contributed by atoms with Crippen LogP contribution >= 0.6 is 11.3 Å². The van der Waals surface area contributed by atoms with E-state index in [1.165, 1.54) is 42.8 Å². The number of aromatic nitrogens is 1. The van der Waals surface area contributed by atoms with Crippen molar-refractivity contribution in [3.8, 4) is 0 Å². The fourth-order valence-electron chi connectivity index (χ4n) is 2.99. The molecule has 1 aliphatic rings. The molecule has 0 saturated carbocycles. The predicted octanol–water partition coefficient (Wildman–Crippen LogP) is 3.37. The smallest absolute Gasteiger partial charge is 0.0795 e. The summed E-state index contributed by atoms with van der Waals surface area (Å²) in [5.41, 5.74) is 6.00. The third-order valence-corrected chi connectivity index (χ3v) is 4.70. The van der Waals surface area contributed by atoms with Gasteiger partial charge in [-0.25, -0.2) is 4.98 Å². The lowest BCUT2D eigenvalue weighted by Gasteiger charge is -2.21. The highest BCUT2D eigenvalue weighted by Gasteiger charge is 2.14. The molecule has 1 aromatic heterocycles. The molecule has 2 heterocycles. The lowest BCUT2D eigenvalue weighted by molar-refractivity contribution is 0.305. The molecule has 0 unspecified atom stereocenters. The van der Waals surface area contributed by atoms with E-state index in [0.717, 1.165) is 19.6 Å². The van der Waals surface area contributed by atoms with Crippen LogP contribution in [0.5, 0.6) is 0 Å². The molecule has 0 bridgehead atoms. The van der Waals surface area contributed by atoms with Crippen molar-refractivity contribution in [2.45, 2.75) is 32.5 Å². The first-order valence-corrected chi connectivity index (χ1v) is 8.60. The molecular formula is C17H23N3S. The van der Waals surface area contributed by atoms with Gasteiger partial charge in [-0.15, -0.1) is 11.3 Å². The molecule has 4 heteroatoms. The number of thiazole rings is 1. The number of benzene rings is 1. The standard InChI is InChI=1S/C17H23N3S/c1-19(12-17-13-21-14-18-17)10-15-6-2-3-7-16(15)11-20-8-4-5-9-20/h2-3,6-7,13-14H,4-5,8-12H2,1H3. The van der Waals surface area contributed by atoms with Crippen LogP contribution in [0.4, 0.5) is 0 Å². The second-order valence-electron chi connectivity index (χ2n) is 5.90. The van der Waals surface area contributed by atoms with E-state index >= 15 is 0 Å². The van der Waals surface area contributed by atoms with Crippen molar-refractivity contribution in [1.82, 2.24) is 14.8 Å². The van der Waals surface area contributed by atoms with Crippen molar-refractivity contribution in [2.24, 2.45) is 0 Å². The predicted molar refractivity (Wildman–Crippen MR) is 88.2 cm³/mol. The topological polar surface area (TPSA) is 19.4 Å². The minimum absolute atomic E-state index is 0.918. The highest BCUT2D eigenvalue weighted by molar-refractivity contribution is 7.07. The minimum atomic E-state index is 0.918. The maximum atomic E-state index is 4.37. The summed E-state index contributed by atoms with van der Waals surface area (Å²) >= 11 is 1.67. The molecule has 2 aromatic rings. The second kappa shape index (κ2) is 7.16. The number of rotatable bonds is 6. The maximum Gasteiger partial charge on any atom is 0.0795 e. The van der Waals surface area contributed by atoms with Gasteiger partial charge in [0.1, 0.15) is 0 Å². The summed E-state index contributed by atoms with van der Waals surface area (Å²) in [6.07, 6.45) is 2.71. The Hall–Kier alpha value is -1.23. The van der Waals surface area contributed by atoms with Gasteiger partial charge in [0.2, 0.25) is 0 Å². The van der Waals surface area contributed by atoms with Crippen molar-refractivity contribution in [3.63, 3.8) is 0 Å². The molecule has 0 N–H and O–H groups in total. The summed E-state index contributed by atoms with van der Waals surface area (Å²) in [7, 11) is 2.17. The van der Waals surface area contributed by atoms with E-state index < -0.39 is 0 Å². The average Bonchev–Trinajstić information content (AvgIpc) is 3.14. The monoisotopic (exact) mass is 301 g/mol. The van der Waals surface area contributed by atoms with Gasteiger partial charge in [-0.05, 0) is 44.1 Å². The Labute approximate surface area is 131 Å². The largest absolute Gasteiger partial charge is 0.299 e. The number of hydrogen-bond donors (Lipinski definition) is 0. The zero-order valence-electron chi connectivity index (χ0n) is 12.7. The van der Waals surface area contributed by atoms with Crippen molar-refractivity contribution in [1.29, 1.82) is 0 Å². The molecule has 21 heavy (non-hydrogen) atoms. The highest BCUT2D eigenvalue weighted by Crippen LogP contribution is 2.18. The molecule has 1 fully saturated rings. The van der Waals surface area contributed by atoms with Crippen LogP contribution in [-0.4, -0.2) is 34.9 Å². The summed E-state index contributed by atoms with van der Waals surface area (Å²) < 4.78 is 0. The normalized spacial score (nSPS) is 15.9. The Bertz CT molecular complexity index is 547. The highest BCUT2D eigenvalue weighted by atomic mass is 32.1. The fourth-order valence-corrected chi connectivity index (χ4v) is 3.54. The van der Waals surface area contributed by atoms with Crippen LogP contribution < -0.4 is 0 Å². The first-order chi connectivity index (χ1) is 10.3. The first kappa shape index (κ1) is 14.7. The average molecular weight is 301 g/mol. The number of hydrogen-bond acceptors (Lipinski definition) is 4. The van der Waals surface area contributed by atoms with E-state index in [4.69, 9.17) is 0 Å². The Morgan fingerprint density at radius 2 is 1.90 bits per heavy atom. The Balaban J connectivity index is 1.63. The Morgan fingerprint density at radius 1 is 1.14 bits per heavy atom. The SMILES string of the molecule is CN(Cc1cscn1)Cc1ccccc1CN1CCCC1. The van der Waals surface area contributed by atoms with E-state index in [0.29, 0.717) is 0 Å². The lowest BCUT2D eigenvalue weighted by Crippen LogP contribution is -2.22. The van der Waals surface area contributed by atoms with Gasteiger partial charge in [0.15, 0.2) is 0 Å². The van der Waals surface area contributed by atoms with E-state index in [-0.39, 0.29) is 0 Å². The molecule has 3 rings (SSSR count). The number of nitrogens with zero attached hydrogens (tertiary/aromatic N) is 3.